The minimum atomic E-state index is -1.68. The molecule has 0 rings (SSSR count). The first-order chi connectivity index (χ1) is 37.8. The van der Waals surface area contributed by atoms with E-state index in [1.54, 1.807) is 13.8 Å². The summed E-state index contributed by atoms with van der Waals surface area (Å²) in [6.45, 7) is 25.6. The highest BCUT2D eigenvalue weighted by Crippen LogP contribution is 2.17. The van der Waals surface area contributed by atoms with Gasteiger partial charge in [0.15, 0.2) is 0 Å². The van der Waals surface area contributed by atoms with E-state index >= 15 is 0 Å². The molecular weight excluding hydrogens is 1040 g/mol. The maximum atomic E-state index is 14.3. The molecular formula is C59H109N9O13. The molecule has 0 aliphatic rings. The van der Waals surface area contributed by atoms with Gasteiger partial charge in [0.05, 0.1) is 31.6 Å². The topological polar surface area (TPSA) is 354 Å². The summed E-state index contributed by atoms with van der Waals surface area (Å²) in [5.41, 5.74) is 5.43. The summed E-state index contributed by atoms with van der Waals surface area (Å²) in [5, 5.41) is 51.7. The Morgan fingerprint density at radius 2 is 0.790 bits per heavy atom. The van der Waals surface area contributed by atoms with Gasteiger partial charge in [-0.3, -0.25) is 47.9 Å². The third-order valence-corrected chi connectivity index (χ3v) is 14.0. The average Bonchev–Trinajstić information content (AvgIpc) is 3.38. The third-order valence-electron chi connectivity index (χ3n) is 14.0. The Hall–Kier alpha value is -5.38. The predicted octanol–water partition coefficient (Wildman–Crippen LogP) is 4.40. The molecule has 0 saturated heterocycles. The predicted molar refractivity (Wildman–Crippen MR) is 312 cm³/mol. The summed E-state index contributed by atoms with van der Waals surface area (Å²) in [7, 11) is 0. The van der Waals surface area contributed by atoms with Gasteiger partial charge in [0.2, 0.25) is 53.2 Å². The summed E-state index contributed by atoms with van der Waals surface area (Å²) in [4.78, 5) is 135. The fourth-order valence-electron chi connectivity index (χ4n) is 9.21. The van der Waals surface area contributed by atoms with Crippen molar-refractivity contribution in [3.8, 4) is 0 Å². The maximum Gasteiger partial charge on any atom is 0.305 e. The molecule has 0 fully saturated rings. The van der Waals surface area contributed by atoms with Crippen molar-refractivity contribution in [2.45, 2.75) is 267 Å². The number of nitrogens with two attached hydrogens (primary N) is 1. The molecule has 0 aromatic heterocycles. The molecule has 81 heavy (non-hydrogen) atoms. The van der Waals surface area contributed by atoms with Gasteiger partial charge in [-0.05, 0) is 80.0 Å². The van der Waals surface area contributed by atoms with Crippen LogP contribution in [0.4, 0.5) is 0 Å². The Kier molecular flexibility index (Phi) is 38.0. The van der Waals surface area contributed by atoms with E-state index in [1.165, 1.54) is 19.3 Å². The monoisotopic (exact) mass is 1150 g/mol. The summed E-state index contributed by atoms with van der Waals surface area (Å²) >= 11 is 0. The molecule has 13 N–H and O–H groups in total. The van der Waals surface area contributed by atoms with Crippen LogP contribution < -0.4 is 48.3 Å². The van der Waals surface area contributed by atoms with Crippen molar-refractivity contribution >= 4 is 59.1 Å². The van der Waals surface area contributed by atoms with E-state index in [2.05, 4.69) is 56.4 Å². The Labute approximate surface area is 484 Å². The van der Waals surface area contributed by atoms with Crippen molar-refractivity contribution in [3.05, 3.63) is 0 Å². The average molecular weight is 1150 g/mol. The van der Waals surface area contributed by atoms with E-state index in [1.807, 2.05) is 69.2 Å². The Morgan fingerprint density at radius 3 is 1.16 bits per heavy atom. The minimum absolute atomic E-state index is 0.0735. The number of hydrogen-bond acceptors (Lipinski definition) is 12. The van der Waals surface area contributed by atoms with Gasteiger partial charge < -0.3 is 63.6 Å². The summed E-state index contributed by atoms with van der Waals surface area (Å²) in [5.74, 6) is -8.94. The first kappa shape index (κ1) is 75.6. The van der Waals surface area contributed by atoms with Crippen LogP contribution >= 0.6 is 0 Å². The number of rotatable bonds is 44. The van der Waals surface area contributed by atoms with Crippen LogP contribution in [0.25, 0.3) is 0 Å². The van der Waals surface area contributed by atoms with Crippen molar-refractivity contribution in [1.82, 2.24) is 42.5 Å². The fraction of sp³-hybridized carbons (Fsp3) is 0.831. The molecule has 0 spiro atoms. The third kappa shape index (κ3) is 34.0. The summed E-state index contributed by atoms with van der Waals surface area (Å²) in [6.07, 6.45) is 7.51. The van der Waals surface area contributed by atoms with Crippen LogP contribution in [0.1, 0.15) is 213 Å². The number of carboxylic acids is 1. The molecule has 0 aliphatic heterocycles. The second kappa shape index (κ2) is 40.8. The maximum absolute atomic E-state index is 14.3. The van der Waals surface area contributed by atoms with Gasteiger partial charge in [0, 0.05) is 6.42 Å². The van der Waals surface area contributed by atoms with Crippen molar-refractivity contribution in [2.24, 2.45) is 47.2 Å². The molecule has 0 aromatic rings. The van der Waals surface area contributed by atoms with E-state index in [0.717, 1.165) is 32.1 Å². The lowest BCUT2D eigenvalue weighted by Crippen LogP contribution is -2.61. The van der Waals surface area contributed by atoms with Crippen molar-refractivity contribution in [2.75, 3.05) is 6.61 Å². The fourth-order valence-corrected chi connectivity index (χ4v) is 9.21. The number of hydrogen-bond donors (Lipinski definition) is 12. The van der Waals surface area contributed by atoms with Crippen molar-refractivity contribution < 1.29 is 63.3 Å². The zero-order valence-electron chi connectivity index (χ0n) is 51.7. The first-order valence-corrected chi connectivity index (χ1v) is 30.0. The molecule has 10 atom stereocenters. The van der Waals surface area contributed by atoms with Gasteiger partial charge >= 0.3 is 5.97 Å². The second-order valence-corrected chi connectivity index (χ2v) is 24.8. The van der Waals surface area contributed by atoms with Gasteiger partial charge in [-0.15, -0.1) is 0 Å². The minimum Gasteiger partial charge on any atom is -0.481 e. The highest BCUT2D eigenvalue weighted by molar-refractivity contribution is 5.98. The van der Waals surface area contributed by atoms with Gasteiger partial charge in [0.1, 0.15) is 42.3 Å². The van der Waals surface area contributed by atoms with E-state index in [9.17, 15) is 63.3 Å². The first-order valence-electron chi connectivity index (χ1n) is 30.0. The van der Waals surface area contributed by atoms with Crippen LogP contribution in [-0.4, -0.2) is 135 Å². The lowest BCUT2D eigenvalue weighted by molar-refractivity contribution is -0.141. The SMILES string of the molecule is CCC(C)[C@@H](CO)NC(=O)[C@@H](CC(C)C)NC(=O)[C@H](CC(=O)O)NC(=O)[C@@H](NC(=O)[C@@H](CC(C)C)NC(=O)[C@H](CC(C)C)NC(=O)[C@H](CC(C)C)NC(=O)[C@H](CCC(N)=O)NC(=O)CC(O)CCCCCCCCCC(C)C)C(C)C. The number of aliphatic hydroxyl groups is 2. The zero-order valence-corrected chi connectivity index (χ0v) is 51.7. The Balaban J connectivity index is 6.39. The molecule has 22 heteroatoms. The number of carboxylic acid groups (broad SMARTS) is 1. The van der Waals surface area contributed by atoms with Crippen LogP contribution in [0.2, 0.25) is 0 Å². The van der Waals surface area contributed by atoms with E-state index in [0.29, 0.717) is 18.8 Å². The smallest absolute Gasteiger partial charge is 0.305 e. The van der Waals surface area contributed by atoms with Crippen LogP contribution in [0.15, 0.2) is 0 Å². The molecule has 22 nitrogen and oxygen atoms in total. The highest BCUT2D eigenvalue weighted by Gasteiger charge is 2.37. The Morgan fingerprint density at radius 1 is 0.420 bits per heavy atom. The number of carbonyl (C=O) groups excluding carboxylic acids is 9. The lowest BCUT2D eigenvalue weighted by Gasteiger charge is -2.30. The molecule has 2 unspecified atom stereocenters. The molecule has 468 valence electrons. The second-order valence-electron chi connectivity index (χ2n) is 24.8. The molecule has 0 heterocycles. The van der Waals surface area contributed by atoms with Crippen LogP contribution in [-0.2, 0) is 47.9 Å². The number of aliphatic carboxylic acids is 1. The van der Waals surface area contributed by atoms with Gasteiger partial charge in [0.25, 0.3) is 0 Å². The molecule has 0 aromatic carbocycles. The number of amides is 9. The standard InChI is InChI=1S/C59H109N9O13/c1-15-40(14)48(33-69)67-56(78)45(29-37(8)9)64-57(79)47(32-51(73)74)66-59(81)52(39(12)13)68-58(80)46(30-38(10)11)65-55(77)44(28-36(6)7)63-54(76)43(27-35(4)5)62-53(75)42(25-26-49(60)71)61-50(72)31-41(70)24-22-20-18-16-17-19-21-23-34(2)3/h34-48,52,69-70H,15-33H2,1-14H3,(H2,60,71)(H,61,72)(H,62,75)(H,63,76)(H,64,79)(H,65,77)(H,66,81)(H,67,78)(H,68,80)(H,73,74)/t40?,41?,42-,43-,44-,45+,46+,47-,48+,52-/m0/s1. The van der Waals surface area contributed by atoms with Crippen molar-refractivity contribution in [1.29, 1.82) is 0 Å². The summed E-state index contributed by atoms with van der Waals surface area (Å²) in [6, 6.07) is -9.82. The van der Waals surface area contributed by atoms with Crippen molar-refractivity contribution in [3.63, 3.8) is 0 Å². The van der Waals surface area contributed by atoms with E-state index in [4.69, 9.17) is 5.73 Å². The largest absolute Gasteiger partial charge is 0.481 e. The molecule has 0 bridgehead atoms. The van der Waals surface area contributed by atoms with Crippen LogP contribution in [0.3, 0.4) is 0 Å². The number of aliphatic hydroxyl groups excluding tert-OH is 2. The van der Waals surface area contributed by atoms with E-state index < -0.39 is 126 Å². The highest BCUT2D eigenvalue weighted by atomic mass is 16.4. The summed E-state index contributed by atoms with van der Waals surface area (Å²) < 4.78 is 0. The van der Waals surface area contributed by atoms with E-state index in [-0.39, 0.29) is 81.1 Å². The number of unbranched alkanes of at least 4 members (excludes halogenated alkanes) is 6. The number of primary amides is 1. The zero-order chi connectivity index (χ0) is 62.1. The molecule has 9 amide bonds. The van der Waals surface area contributed by atoms with Gasteiger partial charge in [-0.2, -0.15) is 0 Å². The number of nitrogens with one attached hydrogen (secondary N) is 8. The lowest BCUT2D eigenvalue weighted by atomic mass is 9.97. The normalized spacial score (nSPS) is 15.4. The number of carbonyl (C=O) groups is 10. The van der Waals surface area contributed by atoms with Crippen LogP contribution in [0, 0.1) is 41.4 Å². The Bertz CT molecular complexity index is 1950. The molecule has 0 aliphatic carbocycles. The van der Waals surface area contributed by atoms with Crippen LogP contribution in [0.5, 0.6) is 0 Å². The molecule has 0 saturated carbocycles. The quantitative estimate of drug-likeness (QED) is 0.0377. The van der Waals surface area contributed by atoms with Gasteiger partial charge in [-0.25, -0.2) is 0 Å². The van der Waals surface area contributed by atoms with Gasteiger partial charge in [-0.1, -0.05) is 155 Å². The molecule has 0 radical (unpaired) electrons.